The first-order valence-electron chi connectivity index (χ1n) is 5.87. The maximum atomic E-state index is 13.4. The zero-order valence-electron chi connectivity index (χ0n) is 9.95. The molecule has 0 atom stereocenters. The Labute approximate surface area is 101 Å². The normalized spacial score (nSPS) is 14.7. The number of nitrogens with zero attached hydrogens (tertiary/aromatic N) is 1. The van der Waals surface area contributed by atoms with E-state index in [9.17, 15) is 9.18 Å². The van der Waals surface area contributed by atoms with Crippen LogP contribution in [0.1, 0.15) is 18.4 Å². The molecule has 0 aliphatic heterocycles. The summed E-state index contributed by atoms with van der Waals surface area (Å²) in [4.78, 5) is 13.3. The Hall–Kier alpha value is -1.42. The molecule has 0 saturated heterocycles. The van der Waals surface area contributed by atoms with Gasteiger partial charge >= 0.3 is 0 Å². The highest BCUT2D eigenvalue weighted by Gasteiger charge is 2.22. The summed E-state index contributed by atoms with van der Waals surface area (Å²) in [5, 5.41) is 3.15. The van der Waals surface area contributed by atoms with E-state index < -0.39 is 0 Å². The van der Waals surface area contributed by atoms with Crippen LogP contribution in [0.25, 0.3) is 0 Å². The van der Waals surface area contributed by atoms with Gasteiger partial charge in [0, 0.05) is 25.2 Å². The SMILES string of the molecule is CN(Cc1ccccc1F)C(=O)CNC1CC1. The van der Waals surface area contributed by atoms with Crippen LogP contribution >= 0.6 is 0 Å². The Kier molecular flexibility index (Phi) is 3.74. The van der Waals surface area contributed by atoms with Crippen LogP contribution < -0.4 is 5.32 Å². The molecule has 1 amide bonds. The number of hydrogen-bond donors (Lipinski definition) is 1. The van der Waals surface area contributed by atoms with E-state index in [2.05, 4.69) is 5.32 Å². The molecular formula is C13H17FN2O. The molecule has 0 bridgehead atoms. The fourth-order valence-electron chi connectivity index (χ4n) is 1.62. The molecule has 0 unspecified atom stereocenters. The lowest BCUT2D eigenvalue weighted by Crippen LogP contribution is -2.36. The summed E-state index contributed by atoms with van der Waals surface area (Å²) in [6, 6.07) is 7.05. The molecule has 1 aromatic rings. The van der Waals surface area contributed by atoms with Crippen LogP contribution in [0.15, 0.2) is 24.3 Å². The maximum absolute atomic E-state index is 13.4. The highest BCUT2D eigenvalue weighted by Crippen LogP contribution is 2.18. The van der Waals surface area contributed by atoms with Crippen molar-refractivity contribution in [1.29, 1.82) is 0 Å². The molecule has 1 N–H and O–H groups in total. The molecule has 1 aromatic carbocycles. The van der Waals surface area contributed by atoms with Crippen LogP contribution in [0.3, 0.4) is 0 Å². The van der Waals surface area contributed by atoms with Gasteiger partial charge in [0.25, 0.3) is 0 Å². The molecule has 1 fully saturated rings. The van der Waals surface area contributed by atoms with E-state index in [1.165, 1.54) is 6.07 Å². The molecule has 1 aliphatic rings. The molecule has 3 nitrogen and oxygen atoms in total. The number of carbonyl (C=O) groups is 1. The number of halogens is 1. The number of benzene rings is 1. The van der Waals surface area contributed by atoms with E-state index >= 15 is 0 Å². The number of nitrogens with one attached hydrogen (secondary N) is 1. The molecule has 92 valence electrons. The standard InChI is InChI=1S/C13H17FN2O/c1-16(13(17)8-15-11-6-7-11)9-10-4-2-3-5-12(10)14/h2-5,11,15H,6-9H2,1H3. The minimum Gasteiger partial charge on any atom is -0.340 e. The fraction of sp³-hybridized carbons (Fsp3) is 0.462. The smallest absolute Gasteiger partial charge is 0.236 e. The van der Waals surface area contributed by atoms with Crippen molar-refractivity contribution in [1.82, 2.24) is 10.2 Å². The number of likely N-dealkylation sites (N-methyl/N-ethyl adjacent to an activating group) is 1. The van der Waals surface area contributed by atoms with Crippen LogP contribution in [-0.4, -0.2) is 30.4 Å². The Morgan fingerprint density at radius 1 is 1.47 bits per heavy atom. The summed E-state index contributed by atoms with van der Waals surface area (Å²) in [5.41, 5.74) is 0.551. The fourth-order valence-corrected chi connectivity index (χ4v) is 1.62. The Morgan fingerprint density at radius 2 is 2.18 bits per heavy atom. The van der Waals surface area contributed by atoms with E-state index in [-0.39, 0.29) is 11.7 Å². The Morgan fingerprint density at radius 3 is 2.82 bits per heavy atom. The van der Waals surface area contributed by atoms with E-state index in [1.807, 2.05) is 0 Å². The lowest BCUT2D eigenvalue weighted by atomic mass is 10.2. The van der Waals surface area contributed by atoms with Gasteiger partial charge in [0.2, 0.25) is 5.91 Å². The molecule has 17 heavy (non-hydrogen) atoms. The third-order valence-corrected chi connectivity index (χ3v) is 2.91. The van der Waals surface area contributed by atoms with Crippen LogP contribution in [-0.2, 0) is 11.3 Å². The monoisotopic (exact) mass is 236 g/mol. The highest BCUT2D eigenvalue weighted by molar-refractivity contribution is 5.78. The van der Waals surface area contributed by atoms with Gasteiger partial charge in [-0.05, 0) is 18.9 Å². The van der Waals surface area contributed by atoms with Crippen LogP contribution in [0.4, 0.5) is 4.39 Å². The summed E-state index contributed by atoms with van der Waals surface area (Å²) in [7, 11) is 1.70. The first kappa shape index (κ1) is 12.0. The Balaban J connectivity index is 1.84. The quantitative estimate of drug-likeness (QED) is 0.841. The van der Waals surface area contributed by atoms with Crippen LogP contribution in [0.2, 0.25) is 0 Å². The van der Waals surface area contributed by atoms with Crippen molar-refractivity contribution < 1.29 is 9.18 Å². The van der Waals surface area contributed by atoms with Crippen molar-refractivity contribution in [3.63, 3.8) is 0 Å². The first-order valence-corrected chi connectivity index (χ1v) is 5.87. The van der Waals surface area contributed by atoms with Gasteiger partial charge in [0.05, 0.1) is 6.54 Å². The maximum Gasteiger partial charge on any atom is 0.236 e. The van der Waals surface area contributed by atoms with Gasteiger partial charge in [-0.3, -0.25) is 4.79 Å². The summed E-state index contributed by atoms with van der Waals surface area (Å²) in [5.74, 6) is -0.262. The van der Waals surface area contributed by atoms with E-state index in [4.69, 9.17) is 0 Å². The van der Waals surface area contributed by atoms with E-state index in [0.717, 1.165) is 12.8 Å². The lowest BCUT2D eigenvalue weighted by molar-refractivity contribution is -0.129. The second-order valence-electron chi connectivity index (χ2n) is 4.50. The number of carbonyl (C=O) groups excluding carboxylic acids is 1. The molecule has 0 radical (unpaired) electrons. The number of hydrogen-bond acceptors (Lipinski definition) is 2. The minimum atomic E-state index is -0.262. The zero-order valence-corrected chi connectivity index (χ0v) is 9.95. The Bertz CT molecular complexity index is 404. The molecule has 1 aliphatic carbocycles. The first-order chi connectivity index (χ1) is 8.16. The van der Waals surface area contributed by atoms with Gasteiger partial charge in [-0.25, -0.2) is 4.39 Å². The number of amides is 1. The molecule has 1 saturated carbocycles. The third-order valence-electron chi connectivity index (χ3n) is 2.91. The van der Waals surface area contributed by atoms with Gasteiger partial charge in [-0.15, -0.1) is 0 Å². The van der Waals surface area contributed by atoms with Crippen molar-refractivity contribution >= 4 is 5.91 Å². The molecular weight excluding hydrogens is 219 g/mol. The van der Waals surface area contributed by atoms with Crippen molar-refractivity contribution in [2.75, 3.05) is 13.6 Å². The van der Waals surface area contributed by atoms with Crippen molar-refractivity contribution in [3.05, 3.63) is 35.6 Å². The minimum absolute atomic E-state index is 0.000142. The average Bonchev–Trinajstić information content (AvgIpc) is 3.13. The molecule has 0 spiro atoms. The molecule has 2 rings (SSSR count). The largest absolute Gasteiger partial charge is 0.340 e. The summed E-state index contributed by atoms with van der Waals surface area (Å²) in [6.07, 6.45) is 2.31. The predicted octanol–water partition coefficient (Wildman–Crippen LogP) is 1.54. The zero-order chi connectivity index (χ0) is 12.3. The highest BCUT2D eigenvalue weighted by atomic mass is 19.1. The van der Waals surface area contributed by atoms with Gasteiger partial charge in [0.1, 0.15) is 5.82 Å². The van der Waals surface area contributed by atoms with Crippen LogP contribution in [0.5, 0.6) is 0 Å². The number of rotatable bonds is 5. The summed E-state index contributed by atoms with van der Waals surface area (Å²) >= 11 is 0. The van der Waals surface area contributed by atoms with Gasteiger partial charge in [-0.2, -0.15) is 0 Å². The molecule has 4 heteroatoms. The summed E-state index contributed by atoms with van der Waals surface area (Å²) in [6.45, 7) is 0.660. The summed E-state index contributed by atoms with van der Waals surface area (Å²) < 4.78 is 13.4. The van der Waals surface area contributed by atoms with Gasteiger partial charge in [0.15, 0.2) is 0 Å². The van der Waals surface area contributed by atoms with Crippen LogP contribution in [0, 0.1) is 5.82 Å². The predicted molar refractivity (Wildman–Crippen MR) is 63.9 cm³/mol. The van der Waals surface area contributed by atoms with E-state index in [0.29, 0.717) is 24.7 Å². The second-order valence-corrected chi connectivity index (χ2v) is 4.50. The average molecular weight is 236 g/mol. The van der Waals surface area contributed by atoms with Crippen molar-refractivity contribution in [3.8, 4) is 0 Å². The van der Waals surface area contributed by atoms with E-state index in [1.54, 1.807) is 30.1 Å². The molecule has 0 heterocycles. The second kappa shape index (κ2) is 5.27. The topological polar surface area (TPSA) is 32.3 Å². The molecule has 0 aromatic heterocycles. The van der Waals surface area contributed by atoms with Crippen molar-refractivity contribution in [2.45, 2.75) is 25.4 Å². The van der Waals surface area contributed by atoms with Gasteiger partial charge < -0.3 is 10.2 Å². The van der Waals surface area contributed by atoms with Gasteiger partial charge in [-0.1, -0.05) is 18.2 Å². The lowest BCUT2D eigenvalue weighted by Gasteiger charge is -2.17. The van der Waals surface area contributed by atoms with Crippen molar-refractivity contribution in [2.24, 2.45) is 0 Å². The third kappa shape index (κ3) is 3.53.